The number of sulfone groups is 1. The van der Waals surface area contributed by atoms with E-state index in [4.69, 9.17) is 0 Å². The molecule has 1 aliphatic rings. The summed E-state index contributed by atoms with van der Waals surface area (Å²) < 4.78 is 24.6. The van der Waals surface area contributed by atoms with Gasteiger partial charge in [-0.3, -0.25) is 0 Å². The Morgan fingerprint density at radius 1 is 1.29 bits per heavy atom. The summed E-state index contributed by atoms with van der Waals surface area (Å²) in [6.45, 7) is 3.75. The van der Waals surface area contributed by atoms with Crippen LogP contribution in [0.3, 0.4) is 0 Å². The highest BCUT2D eigenvalue weighted by Gasteiger charge is 2.33. The van der Waals surface area contributed by atoms with Crippen LogP contribution in [0.5, 0.6) is 0 Å². The molecule has 4 nitrogen and oxygen atoms in total. The van der Waals surface area contributed by atoms with E-state index in [0.29, 0.717) is 18.8 Å². The van der Waals surface area contributed by atoms with Crippen LogP contribution in [-0.4, -0.2) is 23.6 Å². The van der Waals surface area contributed by atoms with Gasteiger partial charge in [0, 0.05) is 12.4 Å². The van der Waals surface area contributed by atoms with Crippen LogP contribution in [0.1, 0.15) is 25.7 Å². The Bertz CT molecular complexity index is 484. The lowest BCUT2D eigenvalue weighted by molar-refractivity contribution is 0.412. The Hall–Kier alpha value is -1.23. The van der Waals surface area contributed by atoms with Gasteiger partial charge in [0.25, 0.3) is 0 Å². The normalized spacial score (nSPS) is 25.4. The summed E-state index contributed by atoms with van der Waals surface area (Å²) in [5, 5.41) is -0.406. The smallest absolute Gasteiger partial charge is 0.227 e. The van der Waals surface area contributed by atoms with E-state index >= 15 is 0 Å². The van der Waals surface area contributed by atoms with Gasteiger partial charge in [-0.2, -0.15) is 0 Å². The van der Waals surface area contributed by atoms with E-state index in [9.17, 15) is 8.42 Å². The zero-order valence-electron chi connectivity index (χ0n) is 9.62. The molecule has 17 heavy (non-hydrogen) atoms. The molecule has 1 aliphatic carbocycles. The van der Waals surface area contributed by atoms with Gasteiger partial charge in [0.15, 0.2) is 0 Å². The van der Waals surface area contributed by atoms with Gasteiger partial charge in [-0.1, -0.05) is 12.5 Å². The lowest BCUT2D eigenvalue weighted by Gasteiger charge is -2.26. The predicted octanol–water partition coefficient (Wildman–Crippen LogP) is 2.00. The molecule has 0 aliphatic heterocycles. The van der Waals surface area contributed by atoms with Crippen molar-refractivity contribution < 1.29 is 8.42 Å². The van der Waals surface area contributed by atoms with Crippen molar-refractivity contribution in [3.8, 4) is 0 Å². The van der Waals surface area contributed by atoms with Crippen LogP contribution in [0.2, 0.25) is 0 Å². The molecule has 2 rings (SSSR count). The van der Waals surface area contributed by atoms with Crippen molar-refractivity contribution in [1.82, 2.24) is 9.97 Å². The highest BCUT2D eigenvalue weighted by molar-refractivity contribution is 7.91. The van der Waals surface area contributed by atoms with Crippen LogP contribution >= 0.6 is 0 Å². The van der Waals surface area contributed by atoms with Crippen LogP contribution in [0, 0.1) is 5.92 Å². The molecule has 0 N–H and O–H groups in total. The fourth-order valence-electron chi connectivity index (χ4n) is 2.26. The van der Waals surface area contributed by atoms with E-state index in [-0.39, 0.29) is 10.4 Å². The predicted molar refractivity (Wildman–Crippen MR) is 65.2 cm³/mol. The minimum absolute atomic E-state index is 0.0466. The summed E-state index contributed by atoms with van der Waals surface area (Å²) in [5.74, 6) is 0.298. The SMILES string of the molecule is C=C[C@@H]1CCC[C@H](S(=O)(=O)c2ncccn2)C1. The molecular formula is C12H16N2O2S. The highest BCUT2D eigenvalue weighted by atomic mass is 32.2. The zero-order valence-corrected chi connectivity index (χ0v) is 10.4. The third kappa shape index (κ3) is 2.54. The monoisotopic (exact) mass is 252 g/mol. The molecule has 2 atom stereocenters. The summed E-state index contributed by atoms with van der Waals surface area (Å²) in [6.07, 6.45) is 8.09. The number of hydrogen-bond donors (Lipinski definition) is 0. The topological polar surface area (TPSA) is 59.9 Å². The van der Waals surface area contributed by atoms with E-state index in [1.54, 1.807) is 6.07 Å². The summed E-state index contributed by atoms with van der Waals surface area (Å²) in [4.78, 5) is 7.70. The summed E-state index contributed by atoms with van der Waals surface area (Å²) in [7, 11) is -3.38. The first-order valence-electron chi connectivity index (χ1n) is 5.78. The molecule has 0 amide bonds. The average molecular weight is 252 g/mol. The molecule has 1 aromatic rings. The molecule has 1 heterocycles. The van der Waals surface area contributed by atoms with Crippen molar-refractivity contribution in [3.63, 3.8) is 0 Å². The summed E-state index contributed by atoms with van der Waals surface area (Å²) in [6, 6.07) is 1.62. The Morgan fingerprint density at radius 2 is 2.00 bits per heavy atom. The molecule has 1 aromatic heterocycles. The number of aromatic nitrogens is 2. The standard InChI is InChI=1S/C12H16N2O2S/c1-2-10-5-3-6-11(9-10)17(15,16)12-13-7-4-8-14-12/h2,4,7-8,10-11H,1,3,5-6,9H2/t10-,11+/m1/s1. The van der Waals surface area contributed by atoms with Crippen LogP contribution < -0.4 is 0 Å². The van der Waals surface area contributed by atoms with Crippen molar-refractivity contribution in [3.05, 3.63) is 31.1 Å². The third-order valence-electron chi connectivity index (χ3n) is 3.24. The van der Waals surface area contributed by atoms with Crippen LogP contribution in [0.4, 0.5) is 0 Å². The minimum atomic E-state index is -3.38. The molecule has 0 spiro atoms. The van der Waals surface area contributed by atoms with Gasteiger partial charge in [0.05, 0.1) is 5.25 Å². The second kappa shape index (κ2) is 4.96. The summed E-state index contributed by atoms with van der Waals surface area (Å²) >= 11 is 0. The minimum Gasteiger partial charge on any atom is -0.227 e. The van der Waals surface area contributed by atoms with E-state index in [1.807, 2.05) is 6.08 Å². The first-order valence-corrected chi connectivity index (χ1v) is 7.32. The van der Waals surface area contributed by atoms with Gasteiger partial charge in [0.2, 0.25) is 15.0 Å². The van der Waals surface area contributed by atoms with Gasteiger partial charge >= 0.3 is 0 Å². The Kier molecular flexibility index (Phi) is 3.57. The van der Waals surface area contributed by atoms with E-state index in [1.165, 1.54) is 12.4 Å². The number of hydrogen-bond acceptors (Lipinski definition) is 4. The molecule has 1 fully saturated rings. The molecular weight excluding hydrogens is 236 g/mol. The Labute approximate surface area is 102 Å². The van der Waals surface area contributed by atoms with Crippen LogP contribution in [-0.2, 0) is 9.84 Å². The van der Waals surface area contributed by atoms with Crippen molar-refractivity contribution in [2.75, 3.05) is 0 Å². The van der Waals surface area contributed by atoms with Crippen molar-refractivity contribution >= 4 is 9.84 Å². The van der Waals surface area contributed by atoms with Crippen molar-refractivity contribution in [2.24, 2.45) is 5.92 Å². The molecule has 0 radical (unpaired) electrons. The number of nitrogens with zero attached hydrogens (tertiary/aromatic N) is 2. The summed E-state index contributed by atoms with van der Waals surface area (Å²) in [5.41, 5.74) is 0. The van der Waals surface area contributed by atoms with Crippen molar-refractivity contribution in [1.29, 1.82) is 0 Å². The first kappa shape index (κ1) is 12.2. The van der Waals surface area contributed by atoms with Gasteiger partial charge in [-0.05, 0) is 31.2 Å². The maximum atomic E-state index is 12.3. The lowest BCUT2D eigenvalue weighted by atomic mass is 9.89. The molecule has 0 saturated heterocycles. The second-order valence-electron chi connectivity index (χ2n) is 4.36. The molecule has 0 bridgehead atoms. The fraction of sp³-hybridized carbons (Fsp3) is 0.500. The van der Waals surface area contributed by atoms with Gasteiger partial charge in [0.1, 0.15) is 0 Å². The third-order valence-corrected chi connectivity index (χ3v) is 5.26. The van der Waals surface area contributed by atoms with Crippen LogP contribution in [0.15, 0.2) is 36.3 Å². The fourth-order valence-corrected chi connectivity index (χ4v) is 3.95. The average Bonchev–Trinajstić information content (AvgIpc) is 2.40. The quantitative estimate of drug-likeness (QED) is 0.610. The molecule has 5 heteroatoms. The molecule has 1 saturated carbocycles. The lowest BCUT2D eigenvalue weighted by Crippen LogP contribution is -2.28. The van der Waals surface area contributed by atoms with Gasteiger partial charge < -0.3 is 0 Å². The van der Waals surface area contributed by atoms with Gasteiger partial charge in [-0.15, -0.1) is 6.58 Å². The van der Waals surface area contributed by atoms with Crippen molar-refractivity contribution in [2.45, 2.75) is 36.1 Å². The Morgan fingerprint density at radius 3 is 2.65 bits per heavy atom. The maximum Gasteiger partial charge on any atom is 0.247 e. The van der Waals surface area contributed by atoms with E-state index in [0.717, 1.165) is 12.8 Å². The maximum absolute atomic E-state index is 12.3. The Balaban J connectivity index is 2.24. The zero-order chi connectivity index (χ0) is 12.3. The molecule has 0 unspecified atom stereocenters. The second-order valence-corrected chi connectivity index (χ2v) is 6.48. The number of rotatable bonds is 3. The highest BCUT2D eigenvalue weighted by Crippen LogP contribution is 2.31. The first-order chi connectivity index (χ1) is 8.14. The molecule has 92 valence electrons. The molecule has 0 aromatic carbocycles. The van der Waals surface area contributed by atoms with Gasteiger partial charge in [-0.25, -0.2) is 18.4 Å². The van der Waals surface area contributed by atoms with E-state index in [2.05, 4.69) is 16.5 Å². The van der Waals surface area contributed by atoms with Crippen LogP contribution in [0.25, 0.3) is 0 Å². The number of allylic oxidation sites excluding steroid dienone is 1. The largest absolute Gasteiger partial charge is 0.247 e. The van der Waals surface area contributed by atoms with E-state index < -0.39 is 9.84 Å².